The van der Waals surface area contributed by atoms with Gasteiger partial charge in [0.1, 0.15) is 0 Å². The van der Waals surface area contributed by atoms with Gasteiger partial charge in [-0.05, 0) is 50.4 Å². The third-order valence-corrected chi connectivity index (χ3v) is 3.82. The van der Waals surface area contributed by atoms with Gasteiger partial charge in [0.05, 0.1) is 6.61 Å². The van der Waals surface area contributed by atoms with Crippen LogP contribution in [0.2, 0.25) is 0 Å². The van der Waals surface area contributed by atoms with E-state index in [4.69, 9.17) is 15.9 Å². The first-order valence-electron chi connectivity index (χ1n) is 8.00. The number of nitrogens with zero attached hydrogens (tertiary/aromatic N) is 1. The summed E-state index contributed by atoms with van der Waals surface area (Å²) < 4.78 is 7.08. The molecule has 0 saturated carbocycles. The third-order valence-electron chi connectivity index (χ3n) is 2.77. The van der Waals surface area contributed by atoms with Gasteiger partial charge in [0.25, 0.3) is 0 Å². The normalized spacial score (nSPS) is 9.24. The first kappa shape index (κ1) is 32.3. The van der Waals surface area contributed by atoms with Crippen LogP contribution < -0.4 is 22.4 Å². The second-order valence-electron chi connectivity index (χ2n) is 4.79. The average Bonchev–Trinajstić information content (AvgIpc) is 2.64. The highest BCUT2D eigenvalue weighted by Crippen LogP contribution is 2.11. The van der Waals surface area contributed by atoms with Crippen LogP contribution in [0.5, 0.6) is 0 Å². The molecule has 0 atom stereocenters. The quantitative estimate of drug-likeness (QED) is 0.163. The molecule has 29 heavy (non-hydrogen) atoms. The monoisotopic (exact) mass is 572 g/mol. The predicted octanol–water partition coefficient (Wildman–Crippen LogP) is 4.02. The molecule has 7 nitrogen and oxygen atoms in total. The number of hydrazone groups is 1. The Hall–Kier alpha value is -1.36. The summed E-state index contributed by atoms with van der Waals surface area (Å²) in [5.41, 5.74) is 12.2. The van der Waals surface area contributed by atoms with Crippen molar-refractivity contribution in [3.8, 4) is 0 Å². The van der Waals surface area contributed by atoms with Gasteiger partial charge in [-0.25, -0.2) is 0 Å². The van der Waals surface area contributed by atoms with Gasteiger partial charge in [-0.15, -0.1) is 24.8 Å². The molecule has 0 spiro atoms. The summed E-state index contributed by atoms with van der Waals surface area (Å²) in [6.07, 6.45) is 0. The number of hydrogen-bond donors (Lipinski definition) is 5. The molecule has 0 aliphatic carbocycles. The number of ether oxygens (including phenoxy) is 1. The van der Waals surface area contributed by atoms with Crippen molar-refractivity contribution in [1.82, 2.24) is 10.9 Å². The van der Waals surface area contributed by atoms with Crippen molar-refractivity contribution in [3.05, 3.63) is 68.6 Å². The van der Waals surface area contributed by atoms with E-state index in [1.165, 1.54) is 0 Å². The van der Waals surface area contributed by atoms with Gasteiger partial charge < -0.3 is 15.9 Å². The maximum atomic E-state index is 7.46. The molecule has 2 aromatic rings. The fourth-order valence-corrected chi connectivity index (χ4v) is 2.16. The highest BCUT2D eigenvalue weighted by molar-refractivity contribution is 9.10. The number of amidine groups is 1. The largest absolute Gasteiger partial charge is 0.478 e. The molecular weight excluding hydrogens is 547 g/mol. The van der Waals surface area contributed by atoms with Crippen molar-refractivity contribution < 1.29 is 4.74 Å². The lowest BCUT2D eigenvalue weighted by Crippen LogP contribution is -2.16. The number of nitrogens with two attached hydrogens (primary N) is 2. The zero-order chi connectivity index (χ0) is 20.7. The number of rotatable bonds is 4. The van der Waals surface area contributed by atoms with Gasteiger partial charge in [-0.1, -0.05) is 44.0 Å². The highest BCUT2D eigenvalue weighted by Gasteiger charge is 1.99. The highest BCUT2D eigenvalue weighted by atomic mass is 79.9. The molecular formula is C18H28Br2Cl2N6O. The van der Waals surface area contributed by atoms with Crippen LogP contribution in [0.3, 0.4) is 0 Å². The Kier molecular flexibility index (Phi) is 22.2. The standard InChI is InChI=1S/C9H10BrNO.C8H10BrN3.CH6N2.2ClH/c1-2-12-9(11)7-3-5-8(10)6-4-7;1-11-12-8(10)6-2-4-7(9)5-3-6;1-3-2;;/h3-6,11H,2H2,1H3;2-5,11H,1H3,(H2,10,12);3H,2H2,1H3;2*1H. The van der Waals surface area contributed by atoms with Gasteiger partial charge in [-0.3, -0.25) is 16.7 Å². The van der Waals surface area contributed by atoms with Crippen molar-refractivity contribution in [3.63, 3.8) is 0 Å². The Balaban J connectivity index is -0.000000387. The van der Waals surface area contributed by atoms with Crippen molar-refractivity contribution >= 4 is 68.4 Å². The minimum absolute atomic E-state index is 0. The first-order valence-corrected chi connectivity index (χ1v) is 9.58. The second-order valence-corrected chi connectivity index (χ2v) is 6.62. The lowest BCUT2D eigenvalue weighted by Gasteiger charge is -2.03. The summed E-state index contributed by atoms with van der Waals surface area (Å²) in [4.78, 5) is 0. The number of benzene rings is 2. The smallest absolute Gasteiger partial charge is 0.213 e. The second kappa shape index (κ2) is 19.9. The minimum Gasteiger partial charge on any atom is -0.478 e. The molecule has 2 rings (SSSR count). The molecule has 0 radical (unpaired) electrons. The topological polar surface area (TPSA) is 122 Å². The minimum atomic E-state index is 0. The van der Waals surface area contributed by atoms with E-state index in [2.05, 4.69) is 53.7 Å². The van der Waals surface area contributed by atoms with Crippen molar-refractivity contribution in [2.45, 2.75) is 6.92 Å². The van der Waals surface area contributed by atoms with E-state index in [9.17, 15) is 0 Å². The van der Waals surface area contributed by atoms with Crippen LogP contribution in [0, 0.1) is 5.41 Å². The van der Waals surface area contributed by atoms with E-state index in [-0.39, 0.29) is 30.7 Å². The Labute approximate surface area is 201 Å². The summed E-state index contributed by atoms with van der Waals surface area (Å²) in [6.45, 7) is 2.41. The number of hydrazine groups is 1. The number of nitrogens with one attached hydrogen (secondary N) is 3. The Morgan fingerprint density at radius 2 is 1.34 bits per heavy atom. The Morgan fingerprint density at radius 1 is 0.966 bits per heavy atom. The molecule has 0 bridgehead atoms. The van der Waals surface area contributed by atoms with E-state index in [1.54, 1.807) is 14.1 Å². The molecule has 0 amide bonds. The molecule has 0 unspecified atom stereocenters. The zero-order valence-electron chi connectivity index (χ0n) is 16.4. The van der Waals surface area contributed by atoms with Crippen LogP contribution in [0.25, 0.3) is 0 Å². The molecule has 0 aliphatic rings. The Bertz CT molecular complexity index is 701. The molecule has 0 aliphatic heterocycles. The van der Waals surface area contributed by atoms with Crippen LogP contribution in [0.15, 0.2) is 62.6 Å². The first-order chi connectivity index (χ1) is 12.9. The maximum absolute atomic E-state index is 7.46. The Morgan fingerprint density at radius 3 is 1.69 bits per heavy atom. The lowest BCUT2D eigenvalue weighted by atomic mass is 10.2. The van der Waals surface area contributed by atoms with Crippen molar-refractivity contribution in [2.24, 2.45) is 16.7 Å². The lowest BCUT2D eigenvalue weighted by molar-refractivity contribution is 0.325. The van der Waals surface area contributed by atoms with Gasteiger partial charge in [0.15, 0.2) is 5.84 Å². The van der Waals surface area contributed by atoms with Crippen LogP contribution in [0.4, 0.5) is 0 Å². The molecule has 0 fully saturated rings. The van der Waals surface area contributed by atoms with E-state index in [1.807, 2.05) is 55.5 Å². The van der Waals surface area contributed by atoms with Gasteiger partial charge >= 0.3 is 0 Å². The van der Waals surface area contributed by atoms with Crippen molar-refractivity contribution in [1.29, 1.82) is 5.41 Å². The van der Waals surface area contributed by atoms with E-state index in [0.29, 0.717) is 12.4 Å². The summed E-state index contributed by atoms with van der Waals surface area (Å²) in [6, 6.07) is 15.1. The summed E-state index contributed by atoms with van der Waals surface area (Å²) in [5.74, 6) is 5.31. The van der Waals surface area contributed by atoms with Crippen LogP contribution in [-0.4, -0.2) is 32.4 Å². The SMILES string of the molecule is CCOC(=N)c1ccc(Br)cc1.CNN.CNN=C(N)c1ccc(Br)cc1.Cl.Cl. The van der Waals surface area contributed by atoms with Gasteiger partial charge in [0.2, 0.25) is 5.90 Å². The molecule has 0 heterocycles. The molecule has 0 aromatic heterocycles. The summed E-state index contributed by atoms with van der Waals surface area (Å²) in [7, 11) is 3.37. The maximum Gasteiger partial charge on any atom is 0.213 e. The van der Waals surface area contributed by atoms with Gasteiger partial charge in [-0.2, -0.15) is 5.10 Å². The molecule has 7 N–H and O–H groups in total. The van der Waals surface area contributed by atoms with Crippen LogP contribution >= 0.6 is 56.7 Å². The van der Waals surface area contributed by atoms with E-state index in [0.717, 1.165) is 20.1 Å². The molecule has 0 saturated heterocycles. The fraction of sp³-hybridized carbons (Fsp3) is 0.222. The molecule has 2 aromatic carbocycles. The summed E-state index contributed by atoms with van der Waals surface area (Å²) in [5, 5.41) is 11.3. The predicted molar refractivity (Wildman–Crippen MR) is 134 cm³/mol. The number of hydrogen-bond acceptors (Lipinski definition) is 6. The molecule has 164 valence electrons. The van der Waals surface area contributed by atoms with E-state index < -0.39 is 0 Å². The van der Waals surface area contributed by atoms with Crippen molar-refractivity contribution in [2.75, 3.05) is 20.7 Å². The van der Waals surface area contributed by atoms with Gasteiger partial charge in [0, 0.05) is 27.1 Å². The summed E-state index contributed by atoms with van der Waals surface area (Å²) >= 11 is 6.66. The molecule has 11 heteroatoms. The van der Waals surface area contributed by atoms with Crippen LogP contribution in [-0.2, 0) is 4.74 Å². The zero-order valence-corrected chi connectivity index (χ0v) is 21.2. The number of halogens is 4. The average molecular weight is 575 g/mol. The third kappa shape index (κ3) is 15.2. The van der Waals surface area contributed by atoms with Crippen LogP contribution in [0.1, 0.15) is 18.1 Å². The van der Waals surface area contributed by atoms with E-state index >= 15 is 0 Å². The fourth-order valence-electron chi connectivity index (χ4n) is 1.63.